The largest absolute Gasteiger partial charge is 0.333 e. The standard InChI is InChI=1S/C20H15BrClFN2O3S2/c21-15-7-6-14(10-16(15)22)18(26)25-8-9-30(27,28)20(23,12-25)19-24-11-17(29-19)13-4-2-1-3-5-13/h1-7,10-11H,8-9,12H2/t20-/m1/s1. The van der Waals surface area contributed by atoms with Gasteiger partial charge in [0, 0.05) is 22.8 Å². The van der Waals surface area contributed by atoms with Gasteiger partial charge in [-0.1, -0.05) is 41.9 Å². The average molecular weight is 530 g/mol. The topological polar surface area (TPSA) is 67.3 Å². The number of benzene rings is 2. The Bertz CT molecular complexity index is 1220. The molecule has 156 valence electrons. The molecule has 3 aromatic rings. The zero-order chi connectivity index (χ0) is 21.5. The number of sulfone groups is 1. The van der Waals surface area contributed by atoms with Crippen molar-refractivity contribution in [3.8, 4) is 10.4 Å². The number of nitrogens with zero attached hydrogens (tertiary/aromatic N) is 2. The zero-order valence-electron chi connectivity index (χ0n) is 15.4. The molecular formula is C20H15BrClFN2O3S2. The minimum absolute atomic E-state index is 0.0998. The lowest BCUT2D eigenvalue weighted by Crippen LogP contribution is -2.53. The molecule has 1 saturated heterocycles. The van der Waals surface area contributed by atoms with Gasteiger partial charge in [0.2, 0.25) is 0 Å². The Balaban J connectivity index is 1.67. The molecule has 1 fully saturated rings. The second kappa shape index (κ2) is 8.03. The Morgan fingerprint density at radius 3 is 2.67 bits per heavy atom. The van der Waals surface area contributed by atoms with Crippen molar-refractivity contribution in [2.75, 3.05) is 18.8 Å². The third-order valence-electron chi connectivity index (χ3n) is 4.85. The van der Waals surface area contributed by atoms with Gasteiger partial charge < -0.3 is 4.90 Å². The molecule has 0 spiro atoms. The van der Waals surface area contributed by atoms with E-state index in [1.807, 2.05) is 30.3 Å². The van der Waals surface area contributed by atoms with E-state index in [9.17, 15) is 13.2 Å². The number of hydrogen-bond acceptors (Lipinski definition) is 5. The van der Waals surface area contributed by atoms with Crippen LogP contribution in [0, 0.1) is 0 Å². The fourth-order valence-electron chi connectivity index (χ4n) is 3.18. The van der Waals surface area contributed by atoms with Crippen molar-refractivity contribution in [1.82, 2.24) is 9.88 Å². The Morgan fingerprint density at radius 2 is 1.97 bits per heavy atom. The minimum atomic E-state index is -4.15. The molecule has 30 heavy (non-hydrogen) atoms. The van der Waals surface area contributed by atoms with Crippen molar-refractivity contribution in [3.63, 3.8) is 0 Å². The number of alkyl halides is 1. The average Bonchev–Trinajstić information content (AvgIpc) is 3.23. The van der Waals surface area contributed by atoms with E-state index in [0.717, 1.165) is 16.9 Å². The molecular weight excluding hydrogens is 515 g/mol. The van der Waals surface area contributed by atoms with Gasteiger partial charge in [0.25, 0.3) is 10.9 Å². The summed E-state index contributed by atoms with van der Waals surface area (Å²) in [7, 11) is -4.15. The van der Waals surface area contributed by atoms with Crippen molar-refractivity contribution in [2.45, 2.75) is 5.00 Å². The van der Waals surface area contributed by atoms with E-state index in [0.29, 0.717) is 14.4 Å². The molecule has 1 aromatic heterocycles. The highest BCUT2D eigenvalue weighted by atomic mass is 79.9. The Morgan fingerprint density at radius 1 is 1.23 bits per heavy atom. The summed E-state index contributed by atoms with van der Waals surface area (Å²) in [4.78, 5) is 18.8. The molecule has 0 saturated carbocycles. The molecule has 0 bridgehead atoms. The maximum Gasteiger partial charge on any atom is 0.278 e. The highest BCUT2D eigenvalue weighted by Gasteiger charge is 2.53. The third-order valence-corrected chi connectivity index (χ3v) is 9.43. The van der Waals surface area contributed by atoms with Crippen molar-refractivity contribution in [2.24, 2.45) is 0 Å². The predicted molar refractivity (Wildman–Crippen MR) is 119 cm³/mol. The number of rotatable bonds is 3. The number of hydrogen-bond donors (Lipinski definition) is 0. The second-order valence-corrected chi connectivity index (χ2v) is 11.4. The van der Waals surface area contributed by atoms with Crippen molar-refractivity contribution >= 4 is 54.6 Å². The lowest BCUT2D eigenvalue weighted by atomic mass is 10.2. The molecule has 0 N–H and O–H groups in total. The summed E-state index contributed by atoms with van der Waals surface area (Å²) >= 11 is 10.3. The molecule has 0 radical (unpaired) electrons. The van der Waals surface area contributed by atoms with E-state index in [4.69, 9.17) is 11.6 Å². The summed E-state index contributed by atoms with van der Waals surface area (Å²) in [5.74, 6) is -0.971. The summed E-state index contributed by atoms with van der Waals surface area (Å²) in [6.45, 7) is -0.721. The van der Waals surface area contributed by atoms with Crippen LogP contribution in [0.25, 0.3) is 10.4 Å². The van der Waals surface area contributed by atoms with Gasteiger partial charge >= 0.3 is 0 Å². The van der Waals surface area contributed by atoms with E-state index in [1.54, 1.807) is 12.1 Å². The van der Waals surface area contributed by atoms with E-state index in [-0.39, 0.29) is 17.1 Å². The van der Waals surface area contributed by atoms with Crippen LogP contribution in [0.3, 0.4) is 0 Å². The first-order valence-electron chi connectivity index (χ1n) is 8.88. The number of carbonyl (C=O) groups excluding carboxylic acids is 1. The zero-order valence-corrected chi connectivity index (χ0v) is 19.4. The first-order chi connectivity index (χ1) is 14.2. The first-order valence-corrected chi connectivity index (χ1v) is 12.5. The molecule has 4 rings (SSSR count). The van der Waals surface area contributed by atoms with Crippen molar-refractivity contribution in [3.05, 3.63) is 74.8 Å². The van der Waals surface area contributed by atoms with Crippen LogP contribution in [0.15, 0.2) is 59.2 Å². The summed E-state index contributed by atoms with van der Waals surface area (Å²) in [6, 6.07) is 13.8. The summed E-state index contributed by atoms with van der Waals surface area (Å²) in [6.07, 6.45) is 1.46. The maximum atomic E-state index is 16.0. The first kappa shape index (κ1) is 21.4. The van der Waals surface area contributed by atoms with Crippen LogP contribution in [0.5, 0.6) is 0 Å². The molecule has 0 unspecified atom stereocenters. The highest BCUT2D eigenvalue weighted by Crippen LogP contribution is 2.41. The number of carbonyl (C=O) groups is 1. The van der Waals surface area contributed by atoms with Crippen LogP contribution in [0.2, 0.25) is 5.02 Å². The van der Waals surface area contributed by atoms with Gasteiger partial charge in [-0.25, -0.2) is 17.8 Å². The number of amides is 1. The summed E-state index contributed by atoms with van der Waals surface area (Å²) in [5.41, 5.74) is 1.07. The third kappa shape index (κ3) is 3.79. The van der Waals surface area contributed by atoms with E-state index in [1.165, 1.54) is 17.2 Å². The predicted octanol–water partition coefficient (Wildman–Crippen LogP) is 4.92. The second-order valence-electron chi connectivity index (χ2n) is 6.80. The highest BCUT2D eigenvalue weighted by molar-refractivity contribution is 9.10. The molecule has 0 aliphatic carbocycles. The van der Waals surface area contributed by atoms with Gasteiger partial charge in [-0.05, 0) is 39.7 Å². The number of aromatic nitrogens is 1. The van der Waals surface area contributed by atoms with Crippen LogP contribution >= 0.6 is 38.9 Å². The van der Waals surface area contributed by atoms with Gasteiger partial charge in [-0.3, -0.25) is 4.79 Å². The smallest absolute Gasteiger partial charge is 0.278 e. The quantitative estimate of drug-likeness (QED) is 0.483. The van der Waals surface area contributed by atoms with Gasteiger partial charge in [0.15, 0.2) is 9.84 Å². The molecule has 1 atom stereocenters. The van der Waals surface area contributed by atoms with E-state index < -0.39 is 33.0 Å². The van der Waals surface area contributed by atoms with Crippen LogP contribution in [-0.2, 0) is 14.8 Å². The normalized spacial score (nSPS) is 20.8. The Hall–Kier alpha value is -1.81. The SMILES string of the molecule is O=C(c1ccc(Br)c(Cl)c1)N1CCS(=O)(=O)[C@@](F)(c2ncc(-c3ccccc3)s2)C1. The van der Waals surface area contributed by atoms with Gasteiger partial charge in [-0.2, -0.15) is 0 Å². The molecule has 2 heterocycles. The van der Waals surface area contributed by atoms with Crippen LogP contribution in [-0.4, -0.2) is 43.1 Å². The molecule has 10 heteroatoms. The Labute approximate surface area is 190 Å². The fraction of sp³-hybridized carbons (Fsp3) is 0.200. The maximum absolute atomic E-state index is 16.0. The van der Waals surface area contributed by atoms with Gasteiger partial charge in [0.1, 0.15) is 5.01 Å². The minimum Gasteiger partial charge on any atom is -0.333 e. The van der Waals surface area contributed by atoms with Crippen LogP contribution < -0.4 is 0 Å². The number of thiazole rings is 1. The molecule has 1 amide bonds. The monoisotopic (exact) mass is 528 g/mol. The fourth-order valence-corrected chi connectivity index (χ4v) is 6.46. The van der Waals surface area contributed by atoms with Crippen LogP contribution in [0.4, 0.5) is 4.39 Å². The van der Waals surface area contributed by atoms with E-state index >= 15 is 4.39 Å². The Kier molecular flexibility index (Phi) is 5.73. The van der Waals surface area contributed by atoms with Crippen molar-refractivity contribution in [1.29, 1.82) is 0 Å². The van der Waals surface area contributed by atoms with Crippen LogP contribution in [0.1, 0.15) is 15.4 Å². The number of halogens is 3. The summed E-state index contributed by atoms with van der Waals surface area (Å²) < 4.78 is 42.0. The van der Waals surface area contributed by atoms with Gasteiger partial charge in [0.05, 0.1) is 22.2 Å². The van der Waals surface area contributed by atoms with Crippen molar-refractivity contribution < 1.29 is 17.6 Å². The molecule has 5 nitrogen and oxygen atoms in total. The molecule has 1 aliphatic rings. The van der Waals surface area contributed by atoms with E-state index in [2.05, 4.69) is 20.9 Å². The lowest BCUT2D eigenvalue weighted by Gasteiger charge is -2.35. The summed E-state index contributed by atoms with van der Waals surface area (Å²) in [5, 5.41) is -2.60. The molecule has 2 aromatic carbocycles. The van der Waals surface area contributed by atoms with Gasteiger partial charge in [-0.15, -0.1) is 11.3 Å². The molecule has 1 aliphatic heterocycles. The lowest BCUT2D eigenvalue weighted by molar-refractivity contribution is 0.0666.